The highest BCUT2D eigenvalue weighted by Gasteiger charge is 2.27. The minimum absolute atomic E-state index is 0.182. The van der Waals surface area contributed by atoms with Crippen LogP contribution in [0.3, 0.4) is 0 Å². The zero-order chi connectivity index (χ0) is 11.4. The van der Waals surface area contributed by atoms with Crippen molar-refractivity contribution in [3.05, 3.63) is 48.6 Å². The van der Waals surface area contributed by atoms with Crippen molar-refractivity contribution in [2.75, 3.05) is 0 Å². The number of carbonyl (C=O) groups is 1. The Balaban J connectivity index is 2.44. The lowest BCUT2D eigenvalue weighted by Crippen LogP contribution is -2.18. The first-order valence-corrected chi connectivity index (χ1v) is 4.55. The first-order chi connectivity index (χ1) is 7.79. The van der Waals surface area contributed by atoms with Crippen LogP contribution in [0.5, 0.6) is 0 Å². The van der Waals surface area contributed by atoms with Crippen LogP contribution in [0.2, 0.25) is 0 Å². The SMILES string of the molecule is O=C(O)C(c1ncccn1)c1ncccn1. The largest absolute Gasteiger partial charge is 0.480 e. The van der Waals surface area contributed by atoms with Crippen molar-refractivity contribution in [1.82, 2.24) is 19.9 Å². The van der Waals surface area contributed by atoms with E-state index in [-0.39, 0.29) is 11.6 Å². The second kappa shape index (κ2) is 4.43. The summed E-state index contributed by atoms with van der Waals surface area (Å²) in [7, 11) is 0. The summed E-state index contributed by atoms with van der Waals surface area (Å²) in [5.74, 6) is -1.73. The molecule has 2 aromatic heterocycles. The molecule has 0 aromatic carbocycles. The quantitative estimate of drug-likeness (QED) is 0.802. The molecule has 0 radical (unpaired) electrons. The minimum atomic E-state index is -1.07. The molecule has 0 unspecified atom stereocenters. The Labute approximate surface area is 91.1 Å². The standard InChI is InChI=1S/C10H8N4O2/c15-10(16)7(8-11-3-1-4-12-8)9-13-5-2-6-14-9/h1-7H,(H,15,16). The fourth-order valence-corrected chi connectivity index (χ4v) is 1.26. The number of carboxylic acid groups (broad SMARTS) is 1. The average Bonchev–Trinajstić information content (AvgIpc) is 2.31. The van der Waals surface area contributed by atoms with Gasteiger partial charge in [0.1, 0.15) is 11.6 Å². The van der Waals surface area contributed by atoms with Gasteiger partial charge in [-0.25, -0.2) is 19.9 Å². The molecule has 0 saturated carbocycles. The van der Waals surface area contributed by atoms with Crippen LogP contribution in [0.25, 0.3) is 0 Å². The summed E-state index contributed by atoms with van der Waals surface area (Å²) in [5, 5.41) is 9.12. The van der Waals surface area contributed by atoms with E-state index in [1.54, 1.807) is 12.1 Å². The summed E-state index contributed by atoms with van der Waals surface area (Å²) in [6.07, 6.45) is 5.95. The molecule has 2 rings (SSSR count). The van der Waals surface area contributed by atoms with Gasteiger partial charge in [0.05, 0.1) is 0 Å². The van der Waals surface area contributed by atoms with E-state index >= 15 is 0 Å². The summed E-state index contributed by atoms with van der Waals surface area (Å²) in [6, 6.07) is 3.24. The van der Waals surface area contributed by atoms with E-state index in [0.29, 0.717) is 0 Å². The topological polar surface area (TPSA) is 88.9 Å². The molecule has 0 spiro atoms. The fourth-order valence-electron chi connectivity index (χ4n) is 1.26. The normalized spacial score (nSPS) is 10.3. The molecule has 0 aliphatic rings. The van der Waals surface area contributed by atoms with Crippen molar-refractivity contribution in [3.63, 3.8) is 0 Å². The zero-order valence-electron chi connectivity index (χ0n) is 8.19. The third kappa shape index (κ3) is 2.00. The van der Waals surface area contributed by atoms with Gasteiger partial charge in [0.25, 0.3) is 0 Å². The number of hydrogen-bond donors (Lipinski definition) is 1. The maximum Gasteiger partial charge on any atom is 0.322 e. The molecule has 6 heteroatoms. The van der Waals surface area contributed by atoms with Gasteiger partial charge in [-0.3, -0.25) is 4.79 Å². The van der Waals surface area contributed by atoms with Crippen molar-refractivity contribution in [1.29, 1.82) is 0 Å². The molecule has 0 saturated heterocycles. The highest BCUT2D eigenvalue weighted by molar-refractivity contribution is 5.77. The maximum atomic E-state index is 11.1. The predicted octanol–water partition coefficient (Wildman–Crippen LogP) is 0.483. The monoisotopic (exact) mass is 216 g/mol. The summed E-state index contributed by atoms with van der Waals surface area (Å²) in [6.45, 7) is 0. The molecular formula is C10H8N4O2. The van der Waals surface area contributed by atoms with E-state index in [0.717, 1.165) is 0 Å². The van der Waals surface area contributed by atoms with Crippen molar-refractivity contribution in [3.8, 4) is 0 Å². The molecule has 16 heavy (non-hydrogen) atoms. The lowest BCUT2D eigenvalue weighted by molar-refractivity contribution is -0.138. The number of carboxylic acids is 1. The molecule has 1 N–H and O–H groups in total. The van der Waals surface area contributed by atoms with Crippen molar-refractivity contribution < 1.29 is 9.90 Å². The zero-order valence-corrected chi connectivity index (χ0v) is 8.19. The van der Waals surface area contributed by atoms with Gasteiger partial charge in [0.15, 0.2) is 5.92 Å². The Bertz CT molecular complexity index is 435. The van der Waals surface area contributed by atoms with Gasteiger partial charge in [-0.2, -0.15) is 0 Å². The fraction of sp³-hybridized carbons (Fsp3) is 0.100. The Morgan fingerprint density at radius 1 is 0.938 bits per heavy atom. The van der Waals surface area contributed by atoms with Gasteiger partial charge >= 0.3 is 5.97 Å². The van der Waals surface area contributed by atoms with E-state index in [9.17, 15) is 4.79 Å². The smallest absolute Gasteiger partial charge is 0.322 e. The predicted molar refractivity (Wildman–Crippen MR) is 53.5 cm³/mol. The molecule has 0 bridgehead atoms. The summed E-state index contributed by atoms with van der Waals surface area (Å²) in [5.41, 5.74) is 0. The molecule has 0 aliphatic heterocycles. The van der Waals surface area contributed by atoms with Gasteiger partial charge in [0.2, 0.25) is 0 Å². The Hall–Kier alpha value is -2.37. The molecule has 80 valence electrons. The third-order valence-corrected chi connectivity index (χ3v) is 1.93. The van der Waals surface area contributed by atoms with Crippen LogP contribution in [-0.4, -0.2) is 31.0 Å². The first kappa shape index (κ1) is 10.2. The van der Waals surface area contributed by atoms with Crippen LogP contribution in [0.4, 0.5) is 0 Å². The van der Waals surface area contributed by atoms with Crippen LogP contribution >= 0.6 is 0 Å². The van der Waals surface area contributed by atoms with E-state index < -0.39 is 11.9 Å². The van der Waals surface area contributed by atoms with Gasteiger partial charge in [0, 0.05) is 24.8 Å². The van der Waals surface area contributed by atoms with Crippen LogP contribution in [0, 0.1) is 0 Å². The van der Waals surface area contributed by atoms with Gasteiger partial charge in [-0.1, -0.05) is 0 Å². The van der Waals surface area contributed by atoms with Crippen LogP contribution in [0.1, 0.15) is 17.6 Å². The highest BCUT2D eigenvalue weighted by atomic mass is 16.4. The lowest BCUT2D eigenvalue weighted by Gasteiger charge is -2.08. The van der Waals surface area contributed by atoms with E-state index in [1.807, 2.05) is 0 Å². The number of hydrogen-bond acceptors (Lipinski definition) is 5. The number of aromatic nitrogens is 4. The molecule has 2 aromatic rings. The van der Waals surface area contributed by atoms with Crippen LogP contribution < -0.4 is 0 Å². The minimum Gasteiger partial charge on any atom is -0.480 e. The average molecular weight is 216 g/mol. The van der Waals surface area contributed by atoms with E-state index in [2.05, 4.69) is 19.9 Å². The third-order valence-electron chi connectivity index (χ3n) is 1.93. The van der Waals surface area contributed by atoms with Gasteiger partial charge < -0.3 is 5.11 Å². The molecule has 0 amide bonds. The second-order valence-corrected chi connectivity index (χ2v) is 2.99. The first-order valence-electron chi connectivity index (χ1n) is 4.55. The molecule has 2 heterocycles. The second-order valence-electron chi connectivity index (χ2n) is 2.99. The number of rotatable bonds is 3. The number of nitrogens with zero attached hydrogens (tertiary/aromatic N) is 4. The van der Waals surface area contributed by atoms with Gasteiger partial charge in [-0.05, 0) is 12.1 Å². The molecule has 0 atom stereocenters. The van der Waals surface area contributed by atoms with Gasteiger partial charge in [-0.15, -0.1) is 0 Å². The lowest BCUT2D eigenvalue weighted by atomic mass is 10.1. The van der Waals surface area contributed by atoms with Crippen LogP contribution in [0.15, 0.2) is 36.9 Å². The van der Waals surface area contributed by atoms with E-state index in [4.69, 9.17) is 5.11 Å². The Morgan fingerprint density at radius 3 is 1.62 bits per heavy atom. The highest BCUT2D eigenvalue weighted by Crippen LogP contribution is 2.16. The maximum absolute atomic E-state index is 11.1. The molecule has 6 nitrogen and oxygen atoms in total. The molecule has 0 fully saturated rings. The Morgan fingerprint density at radius 2 is 1.31 bits per heavy atom. The Kier molecular flexibility index (Phi) is 2.81. The summed E-state index contributed by atoms with van der Waals surface area (Å²) < 4.78 is 0. The van der Waals surface area contributed by atoms with Crippen molar-refractivity contribution in [2.45, 2.75) is 5.92 Å². The van der Waals surface area contributed by atoms with Crippen molar-refractivity contribution >= 4 is 5.97 Å². The van der Waals surface area contributed by atoms with E-state index in [1.165, 1.54) is 24.8 Å². The van der Waals surface area contributed by atoms with Crippen molar-refractivity contribution in [2.24, 2.45) is 0 Å². The molecule has 0 aliphatic carbocycles. The molecular weight excluding hydrogens is 208 g/mol. The van der Waals surface area contributed by atoms with Crippen LogP contribution in [-0.2, 0) is 4.79 Å². The summed E-state index contributed by atoms with van der Waals surface area (Å²) in [4.78, 5) is 26.8. The summed E-state index contributed by atoms with van der Waals surface area (Å²) >= 11 is 0. The number of aliphatic carboxylic acids is 1.